The molecule has 1 unspecified atom stereocenters. The Morgan fingerprint density at radius 2 is 1.90 bits per heavy atom. The summed E-state index contributed by atoms with van der Waals surface area (Å²) in [6, 6.07) is 8.74. The number of rotatable bonds is 11. The van der Waals surface area contributed by atoms with Crippen LogP contribution in [0.3, 0.4) is 0 Å². The van der Waals surface area contributed by atoms with Gasteiger partial charge < -0.3 is 19.7 Å². The van der Waals surface area contributed by atoms with Crippen LogP contribution in [0.15, 0.2) is 24.3 Å². The normalized spacial score (nSPS) is 12.6. The van der Waals surface area contributed by atoms with E-state index in [0.717, 1.165) is 44.9 Å². The smallest absolute Gasteiger partial charge is 0.119 e. The maximum absolute atomic E-state index is 5.63. The van der Waals surface area contributed by atoms with Crippen molar-refractivity contribution in [2.45, 2.75) is 25.8 Å². The second kappa shape index (κ2) is 10.6. The van der Waals surface area contributed by atoms with Gasteiger partial charge in [-0.05, 0) is 44.6 Å². The fourth-order valence-electron chi connectivity index (χ4n) is 2.26. The van der Waals surface area contributed by atoms with Crippen molar-refractivity contribution in [2.24, 2.45) is 0 Å². The Labute approximate surface area is 129 Å². The van der Waals surface area contributed by atoms with Crippen LogP contribution in [0.2, 0.25) is 0 Å². The van der Waals surface area contributed by atoms with E-state index in [4.69, 9.17) is 9.47 Å². The van der Waals surface area contributed by atoms with E-state index in [1.807, 2.05) is 7.05 Å². The Kier molecular flexibility index (Phi) is 9.06. The number of hydrogen-bond donors (Lipinski definition) is 1. The molecule has 0 radical (unpaired) electrons. The minimum atomic E-state index is 0.331. The molecular weight excluding hydrogens is 264 g/mol. The fourth-order valence-corrected chi connectivity index (χ4v) is 2.26. The molecule has 1 aromatic carbocycles. The number of hydrogen-bond acceptors (Lipinski definition) is 4. The minimum Gasteiger partial charge on any atom is -0.494 e. The van der Waals surface area contributed by atoms with Crippen LogP contribution in [-0.2, 0) is 4.74 Å². The highest BCUT2D eigenvalue weighted by molar-refractivity contribution is 5.29. The third-order valence-electron chi connectivity index (χ3n) is 3.49. The van der Waals surface area contributed by atoms with Gasteiger partial charge in [0.2, 0.25) is 0 Å². The van der Waals surface area contributed by atoms with Crippen molar-refractivity contribution in [3.05, 3.63) is 29.8 Å². The zero-order chi connectivity index (χ0) is 15.5. The maximum atomic E-state index is 5.63. The highest BCUT2D eigenvalue weighted by Gasteiger charge is 2.12. The lowest BCUT2D eigenvalue weighted by Crippen LogP contribution is -2.32. The van der Waals surface area contributed by atoms with Gasteiger partial charge in [-0.3, -0.25) is 0 Å². The molecule has 1 aromatic rings. The van der Waals surface area contributed by atoms with Crippen LogP contribution in [0.4, 0.5) is 0 Å². The van der Waals surface area contributed by atoms with E-state index in [1.165, 1.54) is 5.56 Å². The molecule has 4 nitrogen and oxygen atoms in total. The lowest BCUT2D eigenvalue weighted by atomic mass is 10.1. The summed E-state index contributed by atoms with van der Waals surface area (Å²) in [6.07, 6.45) is 2.10. The van der Waals surface area contributed by atoms with Gasteiger partial charge in [0.25, 0.3) is 0 Å². The predicted octanol–water partition coefficient (Wildman–Crippen LogP) is 2.70. The summed E-state index contributed by atoms with van der Waals surface area (Å²) in [5.74, 6) is 0.948. The summed E-state index contributed by atoms with van der Waals surface area (Å²) in [4.78, 5) is 2.34. The molecule has 0 aromatic heterocycles. The van der Waals surface area contributed by atoms with E-state index in [0.29, 0.717) is 6.04 Å². The van der Waals surface area contributed by atoms with Crippen molar-refractivity contribution in [3.8, 4) is 5.75 Å². The lowest BCUT2D eigenvalue weighted by Gasteiger charge is -2.24. The molecule has 0 heterocycles. The first kappa shape index (κ1) is 18.0. The average molecular weight is 294 g/mol. The van der Waals surface area contributed by atoms with Crippen LogP contribution in [0.5, 0.6) is 5.75 Å². The van der Waals surface area contributed by atoms with Gasteiger partial charge in [-0.15, -0.1) is 0 Å². The Balaban J connectivity index is 2.50. The molecule has 0 aliphatic heterocycles. The van der Waals surface area contributed by atoms with Crippen molar-refractivity contribution >= 4 is 0 Å². The van der Waals surface area contributed by atoms with E-state index in [-0.39, 0.29) is 0 Å². The molecule has 0 spiro atoms. The first-order valence-electron chi connectivity index (χ1n) is 7.78. The summed E-state index contributed by atoms with van der Waals surface area (Å²) < 4.78 is 10.7. The van der Waals surface area contributed by atoms with Gasteiger partial charge in [0, 0.05) is 32.8 Å². The van der Waals surface area contributed by atoms with Crippen molar-refractivity contribution < 1.29 is 9.47 Å². The molecule has 0 fully saturated rings. The SMILES string of the molecule is CCCOc1ccc(C(CN(C)CCCOC)NC)cc1. The van der Waals surface area contributed by atoms with Gasteiger partial charge in [0.15, 0.2) is 0 Å². The van der Waals surface area contributed by atoms with E-state index < -0.39 is 0 Å². The minimum absolute atomic E-state index is 0.331. The van der Waals surface area contributed by atoms with E-state index in [1.54, 1.807) is 7.11 Å². The molecule has 1 atom stereocenters. The molecule has 4 heteroatoms. The molecule has 0 aliphatic carbocycles. The van der Waals surface area contributed by atoms with Gasteiger partial charge in [-0.1, -0.05) is 19.1 Å². The van der Waals surface area contributed by atoms with Crippen LogP contribution >= 0.6 is 0 Å². The van der Waals surface area contributed by atoms with Crippen LogP contribution in [0, 0.1) is 0 Å². The maximum Gasteiger partial charge on any atom is 0.119 e. The fraction of sp³-hybridized carbons (Fsp3) is 0.647. The molecular formula is C17H30N2O2. The quantitative estimate of drug-likeness (QED) is 0.636. The highest BCUT2D eigenvalue weighted by atomic mass is 16.5. The van der Waals surface area contributed by atoms with Crippen LogP contribution in [0.25, 0.3) is 0 Å². The monoisotopic (exact) mass is 294 g/mol. The van der Waals surface area contributed by atoms with Crippen LogP contribution in [-0.4, -0.2) is 52.4 Å². The predicted molar refractivity (Wildman–Crippen MR) is 88.0 cm³/mol. The van der Waals surface area contributed by atoms with Gasteiger partial charge in [-0.2, -0.15) is 0 Å². The lowest BCUT2D eigenvalue weighted by molar-refractivity contribution is 0.176. The third-order valence-corrected chi connectivity index (χ3v) is 3.49. The standard InChI is InChI=1S/C17H30N2O2/c1-5-12-21-16-9-7-15(8-10-16)17(18-2)14-19(3)11-6-13-20-4/h7-10,17-18H,5-6,11-14H2,1-4H3. The van der Waals surface area contributed by atoms with Crippen LogP contribution in [0.1, 0.15) is 31.4 Å². The molecule has 0 saturated carbocycles. The van der Waals surface area contributed by atoms with E-state index >= 15 is 0 Å². The van der Waals surface area contributed by atoms with Crippen molar-refractivity contribution in [2.75, 3.05) is 47.5 Å². The Morgan fingerprint density at radius 3 is 2.48 bits per heavy atom. The largest absolute Gasteiger partial charge is 0.494 e. The van der Waals surface area contributed by atoms with Crippen LogP contribution < -0.4 is 10.1 Å². The molecule has 1 N–H and O–H groups in total. The second-order valence-electron chi connectivity index (χ2n) is 5.37. The molecule has 120 valence electrons. The summed E-state index contributed by atoms with van der Waals surface area (Å²) >= 11 is 0. The molecule has 0 amide bonds. The molecule has 0 saturated heterocycles. The average Bonchev–Trinajstić information content (AvgIpc) is 2.51. The summed E-state index contributed by atoms with van der Waals surface area (Å²) in [5.41, 5.74) is 1.29. The molecule has 0 bridgehead atoms. The molecule has 21 heavy (non-hydrogen) atoms. The Hall–Kier alpha value is -1.10. The van der Waals surface area contributed by atoms with Crippen molar-refractivity contribution in [1.82, 2.24) is 10.2 Å². The van der Waals surface area contributed by atoms with Gasteiger partial charge in [0.05, 0.1) is 6.61 Å². The van der Waals surface area contributed by atoms with Gasteiger partial charge >= 0.3 is 0 Å². The second-order valence-corrected chi connectivity index (χ2v) is 5.37. The number of nitrogens with one attached hydrogen (secondary N) is 1. The number of ether oxygens (including phenoxy) is 2. The van der Waals surface area contributed by atoms with E-state index in [9.17, 15) is 0 Å². The van der Waals surface area contributed by atoms with Gasteiger partial charge in [-0.25, -0.2) is 0 Å². The molecule has 0 aliphatic rings. The number of methoxy groups -OCH3 is 1. The first-order chi connectivity index (χ1) is 10.2. The Bertz CT molecular complexity index is 368. The number of benzene rings is 1. The highest BCUT2D eigenvalue weighted by Crippen LogP contribution is 2.18. The zero-order valence-electron chi connectivity index (χ0n) is 13.9. The Morgan fingerprint density at radius 1 is 1.19 bits per heavy atom. The zero-order valence-corrected chi connectivity index (χ0v) is 13.9. The van der Waals surface area contributed by atoms with E-state index in [2.05, 4.69) is 48.5 Å². The van der Waals surface area contributed by atoms with Gasteiger partial charge in [0.1, 0.15) is 5.75 Å². The number of likely N-dealkylation sites (N-methyl/N-ethyl adjacent to an activating group) is 2. The van der Waals surface area contributed by atoms with Crippen molar-refractivity contribution in [3.63, 3.8) is 0 Å². The summed E-state index contributed by atoms with van der Waals surface area (Å²) in [6.45, 7) is 5.74. The third kappa shape index (κ3) is 6.93. The summed E-state index contributed by atoms with van der Waals surface area (Å²) in [5, 5.41) is 3.39. The van der Waals surface area contributed by atoms with Crippen molar-refractivity contribution in [1.29, 1.82) is 0 Å². The summed E-state index contributed by atoms with van der Waals surface area (Å²) in [7, 11) is 5.91. The first-order valence-corrected chi connectivity index (χ1v) is 7.78. The topological polar surface area (TPSA) is 33.7 Å². The number of nitrogens with zero attached hydrogens (tertiary/aromatic N) is 1. The molecule has 1 rings (SSSR count).